The minimum atomic E-state index is -3.92. The molecule has 0 saturated carbocycles. The summed E-state index contributed by atoms with van der Waals surface area (Å²) in [6.45, 7) is 0. The number of nitro groups is 1. The fourth-order valence-electron chi connectivity index (χ4n) is 1.56. The van der Waals surface area contributed by atoms with Gasteiger partial charge in [0.1, 0.15) is 0 Å². The van der Waals surface area contributed by atoms with Crippen LogP contribution in [0.4, 0.5) is 5.69 Å². The summed E-state index contributed by atoms with van der Waals surface area (Å²) in [5, 5.41) is 11.5. The van der Waals surface area contributed by atoms with Crippen molar-refractivity contribution in [1.29, 1.82) is 0 Å². The molecule has 2 aromatic carbocycles. The van der Waals surface area contributed by atoms with Crippen molar-refractivity contribution in [2.75, 3.05) is 0 Å². The number of hydrogen-bond donors (Lipinski definition) is 0. The quantitative estimate of drug-likeness (QED) is 0.478. The van der Waals surface area contributed by atoms with Crippen LogP contribution in [0.5, 0.6) is 0 Å². The van der Waals surface area contributed by atoms with Gasteiger partial charge in [0.2, 0.25) is 0 Å². The highest BCUT2D eigenvalue weighted by Crippen LogP contribution is 2.28. The lowest BCUT2D eigenvalue weighted by atomic mass is 10.1. The highest BCUT2D eigenvalue weighted by Gasteiger charge is 2.16. The van der Waals surface area contributed by atoms with E-state index in [4.69, 9.17) is 10.7 Å². The van der Waals surface area contributed by atoms with Crippen molar-refractivity contribution in [3.8, 4) is 0 Å². The second-order valence-corrected chi connectivity index (χ2v) is 5.89. The first-order chi connectivity index (χ1) is 7.89. The molecule has 88 valence electrons. The SMILES string of the molecule is O=[N+]([O-])c1ccc2cccc(S(=O)(=O)Cl)c2c1. The molecule has 0 fully saturated rings. The Morgan fingerprint density at radius 1 is 1.18 bits per heavy atom. The van der Waals surface area contributed by atoms with Gasteiger partial charge in [-0.25, -0.2) is 8.42 Å². The van der Waals surface area contributed by atoms with Gasteiger partial charge in [-0.15, -0.1) is 0 Å². The largest absolute Gasteiger partial charge is 0.270 e. The molecule has 2 aromatic rings. The van der Waals surface area contributed by atoms with Crippen LogP contribution < -0.4 is 0 Å². The van der Waals surface area contributed by atoms with Crippen LogP contribution in [0, 0.1) is 10.1 Å². The first-order valence-corrected chi connectivity index (χ1v) is 6.82. The van der Waals surface area contributed by atoms with Crippen LogP contribution in [-0.4, -0.2) is 13.3 Å². The minimum absolute atomic E-state index is 0.125. The zero-order valence-corrected chi connectivity index (χ0v) is 9.90. The summed E-state index contributed by atoms with van der Waals surface area (Å²) in [6.07, 6.45) is 0. The number of halogens is 1. The molecule has 7 heteroatoms. The Morgan fingerprint density at radius 2 is 1.88 bits per heavy atom. The van der Waals surface area contributed by atoms with Crippen LogP contribution in [0.25, 0.3) is 10.8 Å². The second kappa shape index (κ2) is 3.97. The van der Waals surface area contributed by atoms with Gasteiger partial charge in [-0.2, -0.15) is 0 Å². The molecular formula is C10H6ClNO4S. The van der Waals surface area contributed by atoms with Gasteiger partial charge in [0.15, 0.2) is 0 Å². The van der Waals surface area contributed by atoms with Gasteiger partial charge in [0, 0.05) is 28.2 Å². The summed E-state index contributed by atoms with van der Waals surface area (Å²) in [6, 6.07) is 8.50. The van der Waals surface area contributed by atoms with E-state index in [0.29, 0.717) is 5.39 Å². The molecule has 0 aliphatic heterocycles. The van der Waals surface area contributed by atoms with Crippen molar-refractivity contribution in [2.24, 2.45) is 0 Å². The van der Waals surface area contributed by atoms with Crippen LogP contribution in [0.3, 0.4) is 0 Å². The normalized spacial score (nSPS) is 11.6. The molecule has 0 unspecified atom stereocenters. The predicted octanol–water partition coefficient (Wildman–Crippen LogP) is 2.68. The maximum absolute atomic E-state index is 11.3. The number of hydrogen-bond acceptors (Lipinski definition) is 4. The second-order valence-electron chi connectivity index (χ2n) is 3.36. The number of nitrogens with zero attached hydrogens (tertiary/aromatic N) is 1. The van der Waals surface area contributed by atoms with Crippen LogP contribution in [0.15, 0.2) is 41.3 Å². The van der Waals surface area contributed by atoms with Crippen LogP contribution in [0.1, 0.15) is 0 Å². The molecule has 0 bridgehead atoms. The van der Waals surface area contributed by atoms with Crippen molar-refractivity contribution in [2.45, 2.75) is 4.90 Å². The van der Waals surface area contributed by atoms with Gasteiger partial charge in [0.25, 0.3) is 14.7 Å². The smallest absolute Gasteiger partial charge is 0.258 e. The van der Waals surface area contributed by atoms with Crippen molar-refractivity contribution in [3.05, 3.63) is 46.5 Å². The van der Waals surface area contributed by atoms with Crippen molar-refractivity contribution < 1.29 is 13.3 Å². The van der Waals surface area contributed by atoms with Gasteiger partial charge in [-0.1, -0.05) is 12.1 Å². The third-order valence-corrected chi connectivity index (χ3v) is 3.68. The average Bonchev–Trinajstić information content (AvgIpc) is 2.26. The highest BCUT2D eigenvalue weighted by atomic mass is 35.7. The summed E-state index contributed by atoms with van der Waals surface area (Å²) < 4.78 is 22.6. The fourth-order valence-corrected chi connectivity index (χ4v) is 2.64. The molecule has 0 aliphatic carbocycles. The van der Waals surface area contributed by atoms with Gasteiger partial charge in [-0.05, 0) is 17.5 Å². The molecule has 0 saturated heterocycles. The number of rotatable bonds is 2. The summed E-state index contributed by atoms with van der Waals surface area (Å²) in [4.78, 5) is 9.92. The van der Waals surface area contributed by atoms with Crippen molar-refractivity contribution >= 4 is 36.2 Å². The third kappa shape index (κ3) is 2.22. The standard InChI is InChI=1S/C10H6ClNO4S/c11-17(15,16)10-3-1-2-7-4-5-8(12(13)14)6-9(7)10/h1-6H. The lowest BCUT2D eigenvalue weighted by Crippen LogP contribution is -1.93. The minimum Gasteiger partial charge on any atom is -0.258 e. The Labute approximate surface area is 101 Å². The Morgan fingerprint density at radius 3 is 2.47 bits per heavy atom. The zero-order chi connectivity index (χ0) is 12.6. The molecule has 0 amide bonds. The Hall–Kier alpha value is -1.66. The molecule has 5 nitrogen and oxygen atoms in total. The topological polar surface area (TPSA) is 77.3 Å². The lowest BCUT2D eigenvalue weighted by Gasteiger charge is -2.02. The number of benzene rings is 2. The highest BCUT2D eigenvalue weighted by molar-refractivity contribution is 8.14. The van der Waals surface area contributed by atoms with Crippen LogP contribution in [-0.2, 0) is 9.05 Å². The van der Waals surface area contributed by atoms with Crippen LogP contribution >= 0.6 is 10.7 Å². The zero-order valence-electron chi connectivity index (χ0n) is 8.33. The van der Waals surface area contributed by atoms with E-state index in [1.165, 1.54) is 30.3 Å². The number of non-ortho nitro benzene ring substituents is 1. The summed E-state index contributed by atoms with van der Waals surface area (Å²) in [7, 11) is 1.35. The molecule has 0 heterocycles. The Kier molecular flexibility index (Phi) is 2.76. The summed E-state index contributed by atoms with van der Waals surface area (Å²) >= 11 is 0. The van der Waals surface area contributed by atoms with E-state index < -0.39 is 14.0 Å². The third-order valence-electron chi connectivity index (χ3n) is 2.30. The predicted molar refractivity (Wildman–Crippen MR) is 63.6 cm³/mol. The molecular weight excluding hydrogens is 266 g/mol. The first kappa shape index (κ1) is 11.8. The van der Waals surface area contributed by atoms with Gasteiger partial charge >= 0.3 is 0 Å². The van der Waals surface area contributed by atoms with E-state index in [1.807, 2.05) is 0 Å². The fraction of sp³-hybridized carbons (Fsp3) is 0. The maximum Gasteiger partial charge on any atom is 0.270 e. The molecule has 0 atom stereocenters. The Balaban J connectivity index is 2.86. The van der Waals surface area contributed by atoms with E-state index >= 15 is 0 Å². The first-order valence-electron chi connectivity index (χ1n) is 4.51. The molecule has 0 spiro atoms. The molecule has 0 aromatic heterocycles. The molecule has 0 radical (unpaired) electrons. The average molecular weight is 272 g/mol. The van der Waals surface area contributed by atoms with E-state index in [0.717, 1.165) is 0 Å². The van der Waals surface area contributed by atoms with E-state index in [2.05, 4.69) is 0 Å². The van der Waals surface area contributed by atoms with E-state index in [9.17, 15) is 18.5 Å². The van der Waals surface area contributed by atoms with Crippen LogP contribution in [0.2, 0.25) is 0 Å². The van der Waals surface area contributed by atoms with E-state index in [1.54, 1.807) is 6.07 Å². The van der Waals surface area contributed by atoms with E-state index in [-0.39, 0.29) is 16.0 Å². The summed E-state index contributed by atoms with van der Waals surface area (Å²) in [5.41, 5.74) is -0.176. The number of nitro benzene ring substituents is 1. The van der Waals surface area contributed by atoms with Gasteiger partial charge in [-0.3, -0.25) is 10.1 Å². The van der Waals surface area contributed by atoms with Gasteiger partial charge < -0.3 is 0 Å². The summed E-state index contributed by atoms with van der Waals surface area (Å²) in [5.74, 6) is 0. The number of fused-ring (bicyclic) bond motifs is 1. The maximum atomic E-state index is 11.3. The van der Waals surface area contributed by atoms with Crippen molar-refractivity contribution in [3.63, 3.8) is 0 Å². The molecule has 17 heavy (non-hydrogen) atoms. The molecule has 0 aliphatic rings. The Bertz CT molecular complexity index is 711. The molecule has 2 rings (SSSR count). The lowest BCUT2D eigenvalue weighted by molar-refractivity contribution is -0.384. The monoisotopic (exact) mass is 271 g/mol. The molecule has 0 N–H and O–H groups in total. The van der Waals surface area contributed by atoms with Gasteiger partial charge in [0.05, 0.1) is 9.82 Å². The van der Waals surface area contributed by atoms with Crippen molar-refractivity contribution in [1.82, 2.24) is 0 Å².